The summed E-state index contributed by atoms with van der Waals surface area (Å²) >= 11 is 5.94. The third-order valence-electron chi connectivity index (χ3n) is 5.46. The van der Waals surface area contributed by atoms with Crippen molar-refractivity contribution in [2.45, 2.75) is 31.5 Å². The molecule has 6 heteroatoms. The molecule has 0 saturated carbocycles. The summed E-state index contributed by atoms with van der Waals surface area (Å²) in [6, 6.07) is 17.2. The van der Waals surface area contributed by atoms with Crippen molar-refractivity contribution in [3.05, 3.63) is 70.7 Å². The van der Waals surface area contributed by atoms with Gasteiger partial charge < -0.3 is 5.32 Å². The van der Waals surface area contributed by atoms with Crippen LogP contribution >= 0.6 is 11.6 Å². The van der Waals surface area contributed by atoms with Crippen molar-refractivity contribution in [3.63, 3.8) is 0 Å². The van der Waals surface area contributed by atoms with Crippen molar-refractivity contribution < 1.29 is 9.59 Å². The molecule has 1 N–H and O–H groups in total. The van der Waals surface area contributed by atoms with Gasteiger partial charge in [-0.25, -0.2) is 4.79 Å². The molecular weight excluding hydrogens is 362 g/mol. The highest BCUT2D eigenvalue weighted by Gasteiger charge is 2.52. The molecule has 2 aliphatic heterocycles. The van der Waals surface area contributed by atoms with Crippen LogP contribution in [0.1, 0.15) is 24.0 Å². The van der Waals surface area contributed by atoms with Gasteiger partial charge in [0, 0.05) is 24.7 Å². The van der Waals surface area contributed by atoms with E-state index in [2.05, 4.69) is 10.2 Å². The summed E-state index contributed by atoms with van der Waals surface area (Å²) in [6.07, 6.45) is 1.27. The number of nitrogens with one attached hydrogen (secondary N) is 1. The van der Waals surface area contributed by atoms with E-state index < -0.39 is 5.54 Å². The number of halogens is 1. The minimum atomic E-state index is -0.748. The van der Waals surface area contributed by atoms with Gasteiger partial charge in [0.1, 0.15) is 5.54 Å². The lowest BCUT2D eigenvalue weighted by Gasteiger charge is -2.37. The molecule has 140 valence electrons. The smallest absolute Gasteiger partial charge is 0.323 e. The van der Waals surface area contributed by atoms with Crippen LogP contribution in [0.4, 0.5) is 4.79 Å². The predicted molar refractivity (Wildman–Crippen MR) is 104 cm³/mol. The lowest BCUT2D eigenvalue weighted by molar-refractivity contribution is -0.133. The lowest BCUT2D eigenvalue weighted by atomic mass is 9.87. The Balaban J connectivity index is 1.39. The van der Waals surface area contributed by atoms with Crippen LogP contribution in [0.15, 0.2) is 54.6 Å². The maximum Gasteiger partial charge on any atom is 0.325 e. The molecule has 2 saturated heterocycles. The van der Waals surface area contributed by atoms with E-state index >= 15 is 0 Å². The van der Waals surface area contributed by atoms with E-state index in [0.717, 1.165) is 30.2 Å². The SMILES string of the molecule is O=C1NC2(CCN(Cc3ccc(Cl)cc3)CC2)C(=O)N1Cc1ccccc1. The first-order valence-electron chi connectivity index (χ1n) is 9.21. The second kappa shape index (κ2) is 7.33. The van der Waals surface area contributed by atoms with Crippen LogP contribution < -0.4 is 5.32 Å². The van der Waals surface area contributed by atoms with Gasteiger partial charge >= 0.3 is 6.03 Å². The Bertz CT molecular complexity index is 830. The average Bonchev–Trinajstić information content (AvgIpc) is 2.91. The summed E-state index contributed by atoms with van der Waals surface area (Å²) in [5, 5.41) is 3.71. The van der Waals surface area contributed by atoms with Crippen molar-refractivity contribution >= 4 is 23.5 Å². The molecule has 2 aromatic rings. The minimum Gasteiger partial charge on any atom is -0.323 e. The van der Waals surface area contributed by atoms with Gasteiger partial charge in [0.2, 0.25) is 0 Å². The molecule has 0 radical (unpaired) electrons. The van der Waals surface area contributed by atoms with Gasteiger partial charge in [-0.2, -0.15) is 0 Å². The molecule has 0 bridgehead atoms. The Morgan fingerprint density at radius 1 is 0.889 bits per heavy atom. The van der Waals surface area contributed by atoms with Gasteiger partial charge in [-0.1, -0.05) is 54.1 Å². The lowest BCUT2D eigenvalue weighted by Crippen LogP contribution is -2.54. The highest BCUT2D eigenvalue weighted by Crippen LogP contribution is 2.31. The molecule has 4 rings (SSSR count). The van der Waals surface area contributed by atoms with Crippen molar-refractivity contribution in [2.75, 3.05) is 13.1 Å². The van der Waals surface area contributed by atoms with E-state index in [-0.39, 0.29) is 11.9 Å². The van der Waals surface area contributed by atoms with Gasteiger partial charge in [-0.3, -0.25) is 14.6 Å². The molecule has 2 heterocycles. The predicted octanol–water partition coefficient (Wildman–Crippen LogP) is 3.43. The molecule has 1 spiro atoms. The maximum atomic E-state index is 13.0. The van der Waals surface area contributed by atoms with E-state index in [1.165, 1.54) is 10.5 Å². The standard InChI is InChI=1S/C21H22ClN3O2/c22-18-8-6-17(7-9-18)14-24-12-10-21(11-13-24)19(26)25(20(27)23-21)15-16-4-2-1-3-5-16/h1-9H,10-15H2,(H,23,27). The van der Waals surface area contributed by atoms with Crippen molar-refractivity contribution in [1.82, 2.24) is 15.1 Å². The molecule has 0 unspecified atom stereocenters. The number of hydrogen-bond donors (Lipinski definition) is 1. The van der Waals surface area contributed by atoms with E-state index in [1.807, 2.05) is 54.6 Å². The van der Waals surface area contributed by atoms with Gasteiger partial charge in [0.05, 0.1) is 6.54 Å². The molecule has 0 aromatic heterocycles. The first kappa shape index (κ1) is 18.0. The van der Waals surface area contributed by atoms with Gasteiger partial charge in [-0.05, 0) is 36.1 Å². The summed E-state index contributed by atoms with van der Waals surface area (Å²) in [6.45, 7) is 2.69. The third kappa shape index (κ3) is 3.70. The number of amides is 3. The molecule has 27 heavy (non-hydrogen) atoms. The number of carbonyl (C=O) groups excluding carboxylic acids is 2. The summed E-state index contributed by atoms with van der Waals surface area (Å²) in [4.78, 5) is 29.1. The number of benzene rings is 2. The zero-order chi connectivity index (χ0) is 18.9. The highest BCUT2D eigenvalue weighted by molar-refractivity contribution is 6.30. The summed E-state index contributed by atoms with van der Waals surface area (Å²) in [7, 11) is 0. The monoisotopic (exact) mass is 383 g/mol. The van der Waals surface area contributed by atoms with E-state index in [4.69, 9.17) is 11.6 Å². The molecule has 3 amide bonds. The van der Waals surface area contributed by atoms with E-state index in [0.29, 0.717) is 19.4 Å². The number of imide groups is 1. The zero-order valence-corrected chi connectivity index (χ0v) is 15.8. The number of rotatable bonds is 4. The van der Waals surface area contributed by atoms with Crippen molar-refractivity contribution in [1.29, 1.82) is 0 Å². The molecular formula is C21H22ClN3O2. The maximum absolute atomic E-state index is 13.0. The van der Waals surface area contributed by atoms with Crippen LogP contribution in [0, 0.1) is 0 Å². The fraction of sp³-hybridized carbons (Fsp3) is 0.333. The molecule has 2 fully saturated rings. The van der Waals surface area contributed by atoms with Crippen LogP contribution in [0.25, 0.3) is 0 Å². The fourth-order valence-electron chi connectivity index (χ4n) is 3.87. The first-order valence-corrected chi connectivity index (χ1v) is 9.58. The minimum absolute atomic E-state index is 0.0949. The normalized spacial score (nSPS) is 19.5. The number of urea groups is 1. The summed E-state index contributed by atoms with van der Waals surface area (Å²) in [5.41, 5.74) is 1.41. The van der Waals surface area contributed by atoms with E-state index in [1.54, 1.807) is 0 Å². The Labute approximate surface area is 163 Å². The molecule has 0 aliphatic carbocycles. The Kier molecular flexibility index (Phi) is 4.89. The number of carbonyl (C=O) groups is 2. The number of hydrogen-bond acceptors (Lipinski definition) is 3. The quantitative estimate of drug-likeness (QED) is 0.823. The first-order chi connectivity index (χ1) is 13.1. The molecule has 2 aliphatic rings. The molecule has 2 aromatic carbocycles. The van der Waals surface area contributed by atoms with Gasteiger partial charge in [0.25, 0.3) is 5.91 Å². The Morgan fingerprint density at radius 2 is 1.52 bits per heavy atom. The topological polar surface area (TPSA) is 52.7 Å². The van der Waals surface area contributed by atoms with Crippen LogP contribution in [-0.4, -0.2) is 40.4 Å². The molecule has 5 nitrogen and oxygen atoms in total. The fourth-order valence-corrected chi connectivity index (χ4v) is 3.99. The van der Waals surface area contributed by atoms with Crippen LogP contribution in [-0.2, 0) is 17.9 Å². The zero-order valence-electron chi connectivity index (χ0n) is 15.0. The Morgan fingerprint density at radius 3 is 2.19 bits per heavy atom. The second-order valence-electron chi connectivity index (χ2n) is 7.29. The highest BCUT2D eigenvalue weighted by atomic mass is 35.5. The Hall–Kier alpha value is -2.37. The summed E-state index contributed by atoms with van der Waals surface area (Å²) < 4.78 is 0. The second-order valence-corrected chi connectivity index (χ2v) is 7.73. The number of nitrogens with zero attached hydrogens (tertiary/aromatic N) is 2. The molecule has 0 atom stereocenters. The van der Waals surface area contributed by atoms with Gasteiger partial charge in [0.15, 0.2) is 0 Å². The number of likely N-dealkylation sites (tertiary alicyclic amines) is 1. The average molecular weight is 384 g/mol. The van der Waals surface area contributed by atoms with Crippen LogP contribution in [0.5, 0.6) is 0 Å². The van der Waals surface area contributed by atoms with Crippen LogP contribution in [0.3, 0.4) is 0 Å². The third-order valence-corrected chi connectivity index (χ3v) is 5.71. The van der Waals surface area contributed by atoms with Gasteiger partial charge in [-0.15, -0.1) is 0 Å². The van der Waals surface area contributed by atoms with E-state index in [9.17, 15) is 9.59 Å². The largest absolute Gasteiger partial charge is 0.325 e. The van der Waals surface area contributed by atoms with Crippen LogP contribution in [0.2, 0.25) is 5.02 Å². The van der Waals surface area contributed by atoms with Crippen molar-refractivity contribution in [2.24, 2.45) is 0 Å². The van der Waals surface area contributed by atoms with Crippen molar-refractivity contribution in [3.8, 4) is 0 Å². The number of piperidine rings is 1. The summed E-state index contributed by atoms with van der Waals surface area (Å²) in [5.74, 6) is -0.0949.